The highest BCUT2D eigenvalue weighted by molar-refractivity contribution is 6.03. The number of amides is 2. The Hall–Kier alpha value is -3.42. The molecule has 1 aliphatic carbocycles. The number of rotatable bonds is 5. The predicted molar refractivity (Wildman–Crippen MR) is 141 cm³/mol. The van der Waals surface area contributed by atoms with Crippen molar-refractivity contribution in [3.63, 3.8) is 0 Å². The average molecular weight is 505 g/mol. The third-order valence-corrected chi connectivity index (χ3v) is 7.76. The summed E-state index contributed by atoms with van der Waals surface area (Å²) >= 11 is 0. The molecule has 1 atom stereocenters. The summed E-state index contributed by atoms with van der Waals surface area (Å²) in [4.78, 5) is 37.9. The Morgan fingerprint density at radius 2 is 1.84 bits per heavy atom. The maximum atomic E-state index is 14.3. The van der Waals surface area contributed by atoms with Crippen molar-refractivity contribution in [2.75, 3.05) is 13.7 Å². The number of carbonyl (C=O) groups is 2. The number of benzene rings is 1. The van der Waals surface area contributed by atoms with E-state index in [1.165, 1.54) is 17.7 Å². The van der Waals surface area contributed by atoms with Crippen LogP contribution in [0, 0.1) is 0 Å². The summed E-state index contributed by atoms with van der Waals surface area (Å²) in [6.45, 7) is 5.72. The van der Waals surface area contributed by atoms with Crippen molar-refractivity contribution < 1.29 is 19.1 Å². The monoisotopic (exact) mass is 504 g/mol. The Labute approximate surface area is 218 Å². The zero-order valence-corrected chi connectivity index (χ0v) is 22.4. The summed E-state index contributed by atoms with van der Waals surface area (Å²) in [6.07, 6.45) is 8.43. The third kappa shape index (κ3) is 4.47. The fourth-order valence-corrected chi connectivity index (χ4v) is 6.03. The molecule has 2 amide bonds. The molecule has 1 aliphatic heterocycles. The fraction of sp³-hybridized carbons (Fsp3) is 0.517. The summed E-state index contributed by atoms with van der Waals surface area (Å²) in [5.74, 6) is 1.87. The van der Waals surface area contributed by atoms with Crippen LogP contribution in [0.2, 0.25) is 0 Å². The lowest BCUT2D eigenvalue weighted by molar-refractivity contribution is -0.131. The molecular weight excluding hydrogens is 468 g/mol. The van der Waals surface area contributed by atoms with E-state index < -0.39 is 17.1 Å². The Kier molecular flexibility index (Phi) is 6.46. The van der Waals surface area contributed by atoms with Crippen LogP contribution < -0.4 is 4.74 Å². The van der Waals surface area contributed by atoms with Crippen LogP contribution in [0.4, 0.5) is 4.79 Å². The van der Waals surface area contributed by atoms with E-state index in [1.54, 1.807) is 19.5 Å². The average Bonchev–Trinajstić information content (AvgIpc) is 3.58. The largest absolute Gasteiger partial charge is 0.494 e. The quantitative estimate of drug-likeness (QED) is 0.470. The van der Waals surface area contributed by atoms with Gasteiger partial charge >= 0.3 is 6.09 Å². The predicted octanol–water partition coefficient (Wildman–Crippen LogP) is 5.28. The number of methoxy groups -OCH3 is 1. The van der Waals surface area contributed by atoms with E-state index in [9.17, 15) is 9.59 Å². The molecule has 0 N–H and O–H groups in total. The molecule has 1 aromatic carbocycles. The molecule has 1 unspecified atom stereocenters. The van der Waals surface area contributed by atoms with Crippen LogP contribution in [-0.4, -0.2) is 50.7 Å². The van der Waals surface area contributed by atoms with Crippen molar-refractivity contribution >= 4 is 23.0 Å². The Balaban J connectivity index is 1.68. The molecule has 0 spiro atoms. The van der Waals surface area contributed by atoms with Crippen molar-refractivity contribution in [3.8, 4) is 5.75 Å². The summed E-state index contributed by atoms with van der Waals surface area (Å²) < 4.78 is 13.5. The van der Waals surface area contributed by atoms with Gasteiger partial charge in [0.25, 0.3) is 0 Å². The van der Waals surface area contributed by atoms with E-state index in [2.05, 4.69) is 9.55 Å². The maximum Gasteiger partial charge on any atom is 0.417 e. The van der Waals surface area contributed by atoms with Crippen LogP contribution in [-0.2, 0) is 28.4 Å². The van der Waals surface area contributed by atoms with E-state index in [-0.39, 0.29) is 5.91 Å². The standard InChI is InChI=1S/C29H36N4O4/c1-28(2,3)37-27(35)33-17-14-29(26(33)34,18-19-12-15-30-16-13-19)21-10-11-22(36-5)23-24(21)32(4)25(31-23)20-8-6-7-9-20/h10-13,15-16,20H,6-9,14,17-18H2,1-5H3. The lowest BCUT2D eigenvalue weighted by Crippen LogP contribution is -2.44. The first-order valence-corrected chi connectivity index (χ1v) is 13.1. The van der Waals surface area contributed by atoms with E-state index in [0.717, 1.165) is 40.8 Å². The summed E-state index contributed by atoms with van der Waals surface area (Å²) in [5, 5.41) is 0. The number of nitrogens with zero attached hydrogens (tertiary/aromatic N) is 4. The lowest BCUT2D eigenvalue weighted by atomic mass is 9.73. The van der Waals surface area contributed by atoms with Gasteiger partial charge in [0.05, 0.1) is 18.0 Å². The molecule has 2 fully saturated rings. The van der Waals surface area contributed by atoms with Crippen molar-refractivity contribution in [3.05, 3.63) is 53.6 Å². The second-order valence-electron chi connectivity index (χ2n) is 11.3. The first-order chi connectivity index (χ1) is 17.6. The number of aryl methyl sites for hydroxylation is 1. The molecule has 1 saturated heterocycles. The van der Waals surface area contributed by atoms with Gasteiger partial charge in [-0.25, -0.2) is 14.7 Å². The van der Waals surface area contributed by atoms with Gasteiger partial charge in [0.2, 0.25) is 5.91 Å². The molecule has 1 saturated carbocycles. The number of fused-ring (bicyclic) bond motifs is 1. The number of likely N-dealkylation sites (tertiary alicyclic amines) is 1. The number of carbonyl (C=O) groups excluding carboxylic acids is 2. The highest BCUT2D eigenvalue weighted by Crippen LogP contribution is 2.45. The first kappa shape index (κ1) is 25.2. The Bertz CT molecular complexity index is 1320. The molecule has 2 aliphatic rings. The SMILES string of the molecule is COc1ccc(C2(Cc3ccncc3)CCN(C(=O)OC(C)(C)C)C2=O)c2c1nc(C1CCCC1)n2C. The molecule has 5 rings (SSSR count). The van der Waals surface area contributed by atoms with E-state index >= 15 is 0 Å². The molecule has 0 radical (unpaired) electrons. The molecule has 3 heterocycles. The van der Waals surface area contributed by atoms with Crippen LogP contribution in [0.1, 0.15) is 75.7 Å². The van der Waals surface area contributed by atoms with Crippen molar-refractivity contribution in [2.24, 2.45) is 7.05 Å². The number of imide groups is 1. The number of aromatic nitrogens is 3. The topological polar surface area (TPSA) is 86.5 Å². The van der Waals surface area contributed by atoms with Gasteiger partial charge in [0.15, 0.2) is 0 Å². The molecule has 0 bridgehead atoms. The van der Waals surface area contributed by atoms with Crippen LogP contribution in [0.5, 0.6) is 5.75 Å². The minimum Gasteiger partial charge on any atom is -0.494 e. The molecule has 3 aromatic rings. The zero-order valence-electron chi connectivity index (χ0n) is 22.4. The minimum absolute atomic E-state index is 0.242. The van der Waals surface area contributed by atoms with E-state index in [4.69, 9.17) is 14.5 Å². The molecule has 37 heavy (non-hydrogen) atoms. The smallest absolute Gasteiger partial charge is 0.417 e. The highest BCUT2D eigenvalue weighted by atomic mass is 16.6. The van der Waals surface area contributed by atoms with Crippen molar-refractivity contribution in [1.82, 2.24) is 19.4 Å². The Morgan fingerprint density at radius 1 is 1.14 bits per heavy atom. The van der Waals surface area contributed by atoms with Crippen LogP contribution in [0.15, 0.2) is 36.7 Å². The summed E-state index contributed by atoms with van der Waals surface area (Å²) in [7, 11) is 3.69. The normalized spacial score (nSPS) is 20.7. The first-order valence-electron chi connectivity index (χ1n) is 13.1. The maximum absolute atomic E-state index is 14.3. The van der Waals surface area contributed by atoms with Gasteiger partial charge in [0, 0.05) is 31.9 Å². The second-order valence-corrected chi connectivity index (χ2v) is 11.3. The van der Waals surface area contributed by atoms with Gasteiger partial charge in [-0.2, -0.15) is 0 Å². The number of hydrogen-bond donors (Lipinski definition) is 0. The van der Waals surface area contributed by atoms with Gasteiger partial charge in [0.1, 0.15) is 22.7 Å². The molecular formula is C29H36N4O4. The van der Waals surface area contributed by atoms with Gasteiger partial charge in [-0.1, -0.05) is 18.9 Å². The number of ether oxygens (including phenoxy) is 2. The van der Waals surface area contributed by atoms with E-state index in [0.29, 0.717) is 31.1 Å². The van der Waals surface area contributed by atoms with Crippen molar-refractivity contribution in [2.45, 2.75) is 76.2 Å². The fourth-order valence-electron chi connectivity index (χ4n) is 6.03. The van der Waals surface area contributed by atoms with Gasteiger partial charge in [-0.3, -0.25) is 9.78 Å². The number of pyridine rings is 1. The summed E-state index contributed by atoms with van der Waals surface area (Å²) in [6, 6.07) is 7.75. The van der Waals surface area contributed by atoms with E-state index in [1.807, 2.05) is 52.1 Å². The van der Waals surface area contributed by atoms with Crippen LogP contribution >= 0.6 is 0 Å². The van der Waals surface area contributed by atoms with Crippen molar-refractivity contribution in [1.29, 1.82) is 0 Å². The molecule has 8 nitrogen and oxygen atoms in total. The second kappa shape index (κ2) is 9.47. The number of imidazole rings is 1. The zero-order chi connectivity index (χ0) is 26.4. The van der Waals surface area contributed by atoms with Gasteiger partial charge in [-0.05, 0) is 75.8 Å². The molecule has 2 aromatic heterocycles. The summed E-state index contributed by atoms with van der Waals surface area (Å²) in [5.41, 5.74) is 1.87. The third-order valence-electron chi connectivity index (χ3n) is 7.76. The number of hydrogen-bond acceptors (Lipinski definition) is 6. The molecule has 196 valence electrons. The molecule has 8 heteroatoms. The highest BCUT2D eigenvalue weighted by Gasteiger charge is 2.52. The van der Waals surface area contributed by atoms with Gasteiger partial charge < -0.3 is 14.0 Å². The van der Waals surface area contributed by atoms with Crippen LogP contribution in [0.25, 0.3) is 11.0 Å². The van der Waals surface area contributed by atoms with Crippen LogP contribution in [0.3, 0.4) is 0 Å². The Morgan fingerprint density at radius 3 is 2.49 bits per heavy atom. The minimum atomic E-state index is -0.955. The van der Waals surface area contributed by atoms with Gasteiger partial charge in [-0.15, -0.1) is 0 Å². The lowest BCUT2D eigenvalue weighted by Gasteiger charge is -2.30.